The van der Waals surface area contributed by atoms with Crippen LogP contribution in [0.5, 0.6) is 0 Å². The third-order valence-electron chi connectivity index (χ3n) is 9.35. The van der Waals surface area contributed by atoms with Gasteiger partial charge >= 0.3 is 0 Å². The molecule has 52 heavy (non-hydrogen) atoms. The standard InChI is InChI=1S/C47H29N5/c48-30-37-26-27-40(39-19-8-7-18-38(37)39)46-45(49-41-20-9-10-21-42(41)50-46)34-24-22-31(23-25-34)35-16-11-17-36(28-35)47-51-43(32-12-3-1-4-13-32)29-44(52-47)33-14-5-2-6-15-33/h1-29H. The molecule has 0 radical (unpaired) electrons. The molecule has 2 aromatic heterocycles. The van der Waals surface area contributed by atoms with E-state index < -0.39 is 0 Å². The summed E-state index contributed by atoms with van der Waals surface area (Å²) in [5.41, 5.74) is 12.6. The Kier molecular flexibility index (Phi) is 7.81. The van der Waals surface area contributed by atoms with E-state index in [1.54, 1.807) is 0 Å². The van der Waals surface area contributed by atoms with Crippen LogP contribution in [0.2, 0.25) is 0 Å². The quantitative estimate of drug-likeness (QED) is 0.177. The van der Waals surface area contributed by atoms with Gasteiger partial charge in [-0.2, -0.15) is 5.26 Å². The predicted molar refractivity (Wildman–Crippen MR) is 210 cm³/mol. The van der Waals surface area contributed by atoms with E-state index in [0.717, 1.165) is 83.5 Å². The van der Waals surface area contributed by atoms with Crippen LogP contribution in [-0.2, 0) is 0 Å². The third-order valence-corrected chi connectivity index (χ3v) is 9.35. The Morgan fingerprint density at radius 2 is 0.904 bits per heavy atom. The maximum atomic E-state index is 9.81. The molecule has 0 aliphatic heterocycles. The molecular weight excluding hydrogens is 635 g/mol. The van der Waals surface area contributed by atoms with Gasteiger partial charge in [-0.1, -0.05) is 146 Å². The summed E-state index contributed by atoms with van der Waals surface area (Å²) in [6.45, 7) is 0. The fourth-order valence-electron chi connectivity index (χ4n) is 6.74. The maximum absolute atomic E-state index is 9.81. The SMILES string of the molecule is N#Cc1ccc(-c2nc3ccccc3nc2-c2ccc(-c3cccc(-c4nc(-c5ccccc5)cc(-c5ccccc5)n4)c3)cc2)c2ccccc12. The largest absolute Gasteiger partial charge is 0.244 e. The molecule has 0 saturated carbocycles. The predicted octanol–water partition coefficient (Wildman–Crippen LogP) is 11.4. The number of hydrogen-bond acceptors (Lipinski definition) is 5. The molecule has 0 bridgehead atoms. The van der Waals surface area contributed by atoms with Gasteiger partial charge in [0.2, 0.25) is 0 Å². The van der Waals surface area contributed by atoms with Gasteiger partial charge in [-0.05, 0) is 46.8 Å². The highest BCUT2D eigenvalue weighted by Gasteiger charge is 2.17. The first-order valence-electron chi connectivity index (χ1n) is 17.1. The Morgan fingerprint density at radius 3 is 1.56 bits per heavy atom. The molecule has 242 valence electrons. The van der Waals surface area contributed by atoms with E-state index in [4.69, 9.17) is 19.9 Å². The lowest BCUT2D eigenvalue weighted by molar-refractivity contribution is 1.18. The zero-order valence-electron chi connectivity index (χ0n) is 28.0. The first-order chi connectivity index (χ1) is 25.7. The molecule has 0 amide bonds. The minimum absolute atomic E-state index is 0.634. The Morgan fingerprint density at radius 1 is 0.365 bits per heavy atom. The first-order valence-corrected chi connectivity index (χ1v) is 17.1. The number of rotatable bonds is 6. The molecule has 0 aliphatic carbocycles. The van der Waals surface area contributed by atoms with E-state index in [9.17, 15) is 5.26 Å². The zero-order chi connectivity index (χ0) is 34.9. The van der Waals surface area contributed by atoms with Crippen molar-refractivity contribution in [1.82, 2.24) is 19.9 Å². The van der Waals surface area contributed by atoms with E-state index in [2.05, 4.69) is 84.9 Å². The van der Waals surface area contributed by atoms with Crippen LogP contribution < -0.4 is 0 Å². The highest BCUT2D eigenvalue weighted by molar-refractivity contribution is 6.02. The molecule has 0 spiro atoms. The van der Waals surface area contributed by atoms with Crippen molar-refractivity contribution in [3.8, 4) is 73.6 Å². The molecule has 0 fully saturated rings. The molecule has 0 unspecified atom stereocenters. The van der Waals surface area contributed by atoms with Crippen molar-refractivity contribution in [2.75, 3.05) is 0 Å². The molecular formula is C47H29N5. The van der Waals surface area contributed by atoms with Gasteiger partial charge in [-0.15, -0.1) is 0 Å². The van der Waals surface area contributed by atoms with Gasteiger partial charge in [0.25, 0.3) is 0 Å². The Bertz CT molecular complexity index is 2730. The van der Waals surface area contributed by atoms with Crippen molar-refractivity contribution in [1.29, 1.82) is 5.26 Å². The lowest BCUT2D eigenvalue weighted by atomic mass is 9.94. The summed E-state index contributed by atoms with van der Waals surface area (Å²) in [7, 11) is 0. The Balaban J connectivity index is 1.13. The average molecular weight is 664 g/mol. The molecule has 5 heteroatoms. The summed E-state index contributed by atoms with van der Waals surface area (Å²) in [5.74, 6) is 0.671. The Labute approximate surface area is 301 Å². The minimum atomic E-state index is 0.634. The molecule has 0 saturated heterocycles. The van der Waals surface area contributed by atoms with E-state index in [1.807, 2.05) is 97.1 Å². The summed E-state index contributed by atoms with van der Waals surface area (Å²) in [5, 5.41) is 11.7. The van der Waals surface area contributed by atoms with Crippen molar-refractivity contribution in [3.05, 3.63) is 181 Å². The van der Waals surface area contributed by atoms with Gasteiger partial charge in [0, 0.05) is 33.2 Å². The topological polar surface area (TPSA) is 75.3 Å². The first kappa shape index (κ1) is 30.7. The second-order valence-electron chi connectivity index (χ2n) is 12.6. The van der Waals surface area contributed by atoms with Gasteiger partial charge in [0.05, 0.1) is 45.4 Å². The van der Waals surface area contributed by atoms with E-state index in [1.165, 1.54) is 0 Å². The van der Waals surface area contributed by atoms with Crippen LogP contribution in [0.3, 0.4) is 0 Å². The van der Waals surface area contributed by atoms with Crippen LogP contribution in [0.15, 0.2) is 176 Å². The second-order valence-corrected chi connectivity index (χ2v) is 12.6. The molecule has 0 aliphatic rings. The van der Waals surface area contributed by atoms with Gasteiger partial charge in [-0.3, -0.25) is 0 Å². The summed E-state index contributed by atoms with van der Waals surface area (Å²) in [6, 6.07) is 61.5. The maximum Gasteiger partial charge on any atom is 0.160 e. The normalized spacial score (nSPS) is 11.1. The van der Waals surface area contributed by atoms with Crippen molar-refractivity contribution >= 4 is 21.8 Å². The molecule has 9 aromatic rings. The average Bonchev–Trinajstić information content (AvgIpc) is 3.23. The molecule has 0 N–H and O–H groups in total. The molecule has 9 rings (SSSR count). The number of nitrogens with zero attached hydrogens (tertiary/aromatic N) is 5. The van der Waals surface area contributed by atoms with Crippen LogP contribution in [-0.4, -0.2) is 19.9 Å². The number of nitriles is 1. The van der Waals surface area contributed by atoms with Gasteiger partial charge in [0.1, 0.15) is 0 Å². The van der Waals surface area contributed by atoms with Gasteiger partial charge in [0.15, 0.2) is 5.82 Å². The van der Waals surface area contributed by atoms with Crippen LogP contribution in [0, 0.1) is 11.3 Å². The number of hydrogen-bond donors (Lipinski definition) is 0. The second kappa shape index (κ2) is 13.2. The molecule has 0 atom stereocenters. The summed E-state index contributed by atoms with van der Waals surface area (Å²) < 4.78 is 0. The number of benzene rings is 7. The van der Waals surface area contributed by atoms with Crippen LogP contribution >= 0.6 is 0 Å². The minimum Gasteiger partial charge on any atom is -0.244 e. The van der Waals surface area contributed by atoms with Gasteiger partial charge < -0.3 is 0 Å². The monoisotopic (exact) mass is 663 g/mol. The van der Waals surface area contributed by atoms with Crippen molar-refractivity contribution in [2.24, 2.45) is 0 Å². The number of para-hydroxylation sites is 2. The molecule has 5 nitrogen and oxygen atoms in total. The molecule has 7 aromatic carbocycles. The van der Waals surface area contributed by atoms with E-state index >= 15 is 0 Å². The Hall–Kier alpha value is -7.29. The number of aromatic nitrogens is 4. The van der Waals surface area contributed by atoms with Crippen molar-refractivity contribution < 1.29 is 0 Å². The highest BCUT2D eigenvalue weighted by atomic mass is 14.9. The number of fused-ring (bicyclic) bond motifs is 2. The fraction of sp³-hybridized carbons (Fsp3) is 0. The third kappa shape index (κ3) is 5.75. The van der Waals surface area contributed by atoms with Crippen LogP contribution in [0.4, 0.5) is 0 Å². The van der Waals surface area contributed by atoms with E-state index in [0.29, 0.717) is 11.4 Å². The lowest BCUT2D eigenvalue weighted by Gasteiger charge is -2.14. The van der Waals surface area contributed by atoms with Crippen molar-refractivity contribution in [2.45, 2.75) is 0 Å². The summed E-state index contributed by atoms with van der Waals surface area (Å²) in [4.78, 5) is 20.4. The van der Waals surface area contributed by atoms with E-state index in [-0.39, 0.29) is 0 Å². The zero-order valence-corrected chi connectivity index (χ0v) is 28.0. The smallest absolute Gasteiger partial charge is 0.160 e. The lowest BCUT2D eigenvalue weighted by Crippen LogP contribution is -1.97. The summed E-state index contributed by atoms with van der Waals surface area (Å²) >= 11 is 0. The van der Waals surface area contributed by atoms with Crippen LogP contribution in [0.1, 0.15) is 5.56 Å². The molecule has 2 heterocycles. The summed E-state index contributed by atoms with van der Waals surface area (Å²) in [6.07, 6.45) is 0. The highest BCUT2D eigenvalue weighted by Crippen LogP contribution is 2.37. The van der Waals surface area contributed by atoms with Crippen LogP contribution in [0.25, 0.3) is 89.4 Å². The van der Waals surface area contributed by atoms with Crippen molar-refractivity contribution in [3.63, 3.8) is 0 Å². The fourth-order valence-corrected chi connectivity index (χ4v) is 6.74. The van der Waals surface area contributed by atoms with Gasteiger partial charge in [-0.25, -0.2) is 19.9 Å².